The first-order valence-corrected chi connectivity index (χ1v) is 18.5. The molecule has 4 N–H and O–H groups in total. The zero-order chi connectivity index (χ0) is 35.0. The van der Waals surface area contributed by atoms with Crippen LogP contribution in [0, 0.1) is 12.8 Å². The lowest BCUT2D eigenvalue weighted by Gasteiger charge is -2.21. The lowest BCUT2D eigenvalue weighted by atomic mass is 9.99. The summed E-state index contributed by atoms with van der Waals surface area (Å²) >= 11 is 0. The van der Waals surface area contributed by atoms with Crippen LogP contribution < -0.4 is 15.4 Å². The number of aryl methyl sites for hydroxylation is 1. The van der Waals surface area contributed by atoms with Crippen LogP contribution in [0.15, 0.2) is 65.1 Å². The maximum atomic E-state index is 13.3. The maximum Gasteiger partial charge on any atom is 0.255 e. The van der Waals surface area contributed by atoms with Gasteiger partial charge in [-0.05, 0) is 62.1 Å². The number of hydrogen-bond donors (Lipinski definition) is 4. The Morgan fingerprint density at radius 1 is 1.06 bits per heavy atom. The molecule has 1 aliphatic rings. The minimum absolute atomic E-state index is 0.113. The average Bonchev–Trinajstić information content (AvgIpc) is 3.87. The fourth-order valence-electron chi connectivity index (χ4n) is 6.01. The number of furan rings is 1. The molecule has 2 aromatic heterocycles. The Kier molecular flexibility index (Phi) is 12.1. The molecule has 2 aromatic carbocycles. The quantitative estimate of drug-likeness (QED) is 0.102. The maximum absolute atomic E-state index is 13.3. The first-order chi connectivity index (χ1) is 23.6. The van der Waals surface area contributed by atoms with Crippen molar-refractivity contribution in [3.05, 3.63) is 82.9 Å². The van der Waals surface area contributed by atoms with Crippen molar-refractivity contribution in [1.82, 2.24) is 15.6 Å². The zero-order valence-corrected chi connectivity index (χ0v) is 29.1. The van der Waals surface area contributed by atoms with E-state index in [4.69, 9.17) is 9.15 Å². The summed E-state index contributed by atoms with van der Waals surface area (Å²) in [7, 11) is -0.654. The summed E-state index contributed by atoms with van der Waals surface area (Å²) in [6.45, 7) is 2.02. The van der Waals surface area contributed by atoms with Crippen molar-refractivity contribution < 1.29 is 32.3 Å². The molecular weight excluding hydrogens is 644 g/mol. The summed E-state index contributed by atoms with van der Waals surface area (Å²) in [5.74, 6) is -0.274. The van der Waals surface area contributed by atoms with Crippen molar-refractivity contribution >= 4 is 38.8 Å². The molecule has 12 heteroatoms. The lowest BCUT2D eigenvalue weighted by molar-refractivity contribution is -0.128. The topological polar surface area (TPSA) is 160 Å². The van der Waals surface area contributed by atoms with E-state index in [9.17, 15) is 23.1 Å². The third-order valence-corrected chi connectivity index (χ3v) is 10.2. The molecule has 0 spiro atoms. The molecule has 2 atom stereocenters. The fourth-order valence-corrected chi connectivity index (χ4v) is 7.16. The number of benzene rings is 2. The molecule has 5 rings (SSSR count). The number of fused-ring (bicyclic) bond motifs is 1. The number of pyridine rings is 1. The molecule has 1 fully saturated rings. The Morgan fingerprint density at radius 3 is 2.45 bits per heavy atom. The van der Waals surface area contributed by atoms with Crippen LogP contribution in [0.5, 0.6) is 0 Å². The minimum atomic E-state index is -3.75. The number of amides is 2. The van der Waals surface area contributed by atoms with Gasteiger partial charge in [-0.15, -0.1) is 0 Å². The normalized spacial score (nSPS) is 14.4. The number of unbranched alkanes of at least 4 members (excludes halogenated alkanes) is 2. The van der Waals surface area contributed by atoms with Crippen molar-refractivity contribution in [3.63, 3.8) is 0 Å². The highest BCUT2D eigenvalue weighted by atomic mass is 32.2. The van der Waals surface area contributed by atoms with Crippen molar-refractivity contribution in [1.29, 1.82) is 0 Å². The largest absolute Gasteiger partial charge is 0.437 e. The van der Waals surface area contributed by atoms with Gasteiger partial charge in [-0.2, -0.15) is 4.98 Å². The van der Waals surface area contributed by atoms with E-state index in [0.717, 1.165) is 35.1 Å². The number of nitrogens with one attached hydrogen (secondary N) is 3. The highest BCUT2D eigenvalue weighted by Gasteiger charge is 2.32. The van der Waals surface area contributed by atoms with E-state index < -0.39 is 22.0 Å². The SMILES string of the molecule is CNC(=O)c1c(-c2ccc(C)cc2)oc2nc(NS(=O)(=O)CCCCC[C@H](COC)C(=O)N[C@H](CO)Cc3ccccc3)c(C3CC3)cc12. The molecule has 4 aromatic rings. The van der Waals surface area contributed by atoms with Crippen LogP contribution in [0.2, 0.25) is 0 Å². The summed E-state index contributed by atoms with van der Waals surface area (Å²) in [6, 6.07) is 18.7. The van der Waals surface area contributed by atoms with E-state index in [1.54, 1.807) is 14.2 Å². The summed E-state index contributed by atoms with van der Waals surface area (Å²) in [4.78, 5) is 30.7. The summed E-state index contributed by atoms with van der Waals surface area (Å²) in [5.41, 5.74) is 4.12. The van der Waals surface area contributed by atoms with Crippen LogP contribution in [-0.4, -0.2) is 69.5 Å². The van der Waals surface area contributed by atoms with Gasteiger partial charge in [0.1, 0.15) is 11.6 Å². The van der Waals surface area contributed by atoms with Gasteiger partial charge in [-0.25, -0.2) is 8.42 Å². The van der Waals surface area contributed by atoms with Gasteiger partial charge in [0.05, 0.1) is 41.9 Å². The molecule has 0 radical (unpaired) electrons. The average molecular weight is 691 g/mol. The number of sulfonamides is 1. The number of carbonyl (C=O) groups is 2. The number of aromatic nitrogens is 1. The third kappa shape index (κ3) is 9.46. The van der Waals surface area contributed by atoms with Crippen LogP contribution in [0.1, 0.15) is 71.5 Å². The fraction of sp³-hybridized carbons (Fsp3) is 0.432. The molecule has 49 heavy (non-hydrogen) atoms. The van der Waals surface area contributed by atoms with Gasteiger partial charge >= 0.3 is 0 Å². The standard InChI is InChI=1S/C37H46N4O7S/c1-24-13-15-27(16-14-24)33-32(36(44)38-2)31-21-30(26-17-18-26)34(40-37(31)48-33)41-49(45,46)19-9-5-8-12-28(23-47-3)35(43)39-29(22-42)20-25-10-6-4-7-11-25/h4,6-7,10-11,13-16,21,26,28-29,42H,5,8-9,12,17-20,22-23H2,1-3H3,(H,38,44)(H,39,43)(H,40,41)/t28-,29+/m1/s1. The van der Waals surface area contributed by atoms with E-state index in [0.29, 0.717) is 48.8 Å². The number of hydrogen-bond acceptors (Lipinski definition) is 8. The molecule has 2 heterocycles. The lowest BCUT2D eigenvalue weighted by Crippen LogP contribution is -2.43. The second kappa shape index (κ2) is 16.4. The van der Waals surface area contributed by atoms with E-state index in [-0.39, 0.29) is 48.2 Å². The van der Waals surface area contributed by atoms with Crippen LogP contribution >= 0.6 is 0 Å². The molecule has 0 unspecified atom stereocenters. The number of carbonyl (C=O) groups excluding carboxylic acids is 2. The van der Waals surface area contributed by atoms with Crippen molar-refractivity contribution in [3.8, 4) is 11.3 Å². The number of methoxy groups -OCH3 is 1. The molecule has 11 nitrogen and oxygen atoms in total. The second-order valence-electron chi connectivity index (χ2n) is 12.8. The first-order valence-electron chi connectivity index (χ1n) is 16.8. The predicted octanol–water partition coefficient (Wildman–Crippen LogP) is 5.32. The van der Waals surface area contributed by atoms with Crippen LogP contribution in [0.3, 0.4) is 0 Å². The highest BCUT2D eigenvalue weighted by molar-refractivity contribution is 7.92. The zero-order valence-electron chi connectivity index (χ0n) is 28.3. The molecule has 1 saturated carbocycles. The van der Waals surface area contributed by atoms with Gasteiger partial charge in [0, 0.05) is 19.7 Å². The Balaban J connectivity index is 1.21. The number of ether oxygens (including phenoxy) is 1. The first kappa shape index (κ1) is 36.0. The van der Waals surface area contributed by atoms with E-state index >= 15 is 0 Å². The van der Waals surface area contributed by atoms with Crippen LogP contribution in [0.25, 0.3) is 22.4 Å². The molecule has 262 valence electrons. The molecule has 1 aliphatic carbocycles. The van der Waals surface area contributed by atoms with Crippen molar-refractivity contribution in [2.45, 2.75) is 63.8 Å². The Labute approximate surface area is 287 Å². The molecule has 0 saturated heterocycles. The van der Waals surface area contributed by atoms with Gasteiger partial charge < -0.3 is 24.9 Å². The summed E-state index contributed by atoms with van der Waals surface area (Å²) in [6.07, 6.45) is 4.47. The number of aliphatic hydroxyl groups is 1. The summed E-state index contributed by atoms with van der Waals surface area (Å²) < 4.78 is 40.7. The molecular formula is C37H46N4O7S. The van der Waals surface area contributed by atoms with Gasteiger partial charge in [-0.3, -0.25) is 14.3 Å². The van der Waals surface area contributed by atoms with Gasteiger partial charge in [-0.1, -0.05) is 73.0 Å². The van der Waals surface area contributed by atoms with Gasteiger partial charge in [0.2, 0.25) is 21.6 Å². The van der Waals surface area contributed by atoms with Crippen molar-refractivity contribution in [2.75, 3.05) is 37.8 Å². The highest BCUT2D eigenvalue weighted by Crippen LogP contribution is 2.45. The third-order valence-electron chi connectivity index (χ3n) is 8.85. The van der Waals surface area contributed by atoms with Crippen molar-refractivity contribution in [2.24, 2.45) is 5.92 Å². The van der Waals surface area contributed by atoms with E-state index in [1.807, 2.05) is 67.6 Å². The Hall–Kier alpha value is -4.26. The second-order valence-corrected chi connectivity index (χ2v) is 14.6. The van der Waals surface area contributed by atoms with E-state index in [1.165, 1.54) is 0 Å². The number of anilines is 1. The Bertz CT molecular complexity index is 1840. The Morgan fingerprint density at radius 2 is 1.80 bits per heavy atom. The van der Waals surface area contributed by atoms with Crippen LogP contribution in [-0.2, 0) is 26.0 Å². The smallest absolute Gasteiger partial charge is 0.255 e. The van der Waals surface area contributed by atoms with Crippen LogP contribution in [0.4, 0.5) is 5.82 Å². The van der Waals surface area contributed by atoms with E-state index in [2.05, 4.69) is 20.3 Å². The molecule has 2 amide bonds. The van der Waals surface area contributed by atoms with Gasteiger partial charge in [0.25, 0.3) is 5.91 Å². The minimum Gasteiger partial charge on any atom is -0.437 e. The summed E-state index contributed by atoms with van der Waals surface area (Å²) in [5, 5.41) is 16.0. The molecule has 0 aliphatic heterocycles. The number of aliphatic hydroxyl groups excluding tert-OH is 1. The number of rotatable bonds is 18. The molecule has 0 bridgehead atoms. The number of nitrogens with zero attached hydrogens (tertiary/aromatic N) is 1. The van der Waals surface area contributed by atoms with Gasteiger partial charge in [0.15, 0.2) is 0 Å². The monoisotopic (exact) mass is 690 g/mol. The predicted molar refractivity (Wildman–Crippen MR) is 190 cm³/mol.